The van der Waals surface area contributed by atoms with Gasteiger partial charge in [0, 0.05) is 11.4 Å². The molecule has 2 amide bonds. The van der Waals surface area contributed by atoms with Crippen molar-refractivity contribution < 1.29 is 22.8 Å². The summed E-state index contributed by atoms with van der Waals surface area (Å²) in [7, 11) is 0. The predicted octanol–water partition coefficient (Wildman–Crippen LogP) is 5.33. The highest BCUT2D eigenvalue weighted by Crippen LogP contribution is 2.34. The molecule has 3 aromatic rings. The van der Waals surface area contributed by atoms with E-state index in [1.54, 1.807) is 35.0 Å². The van der Waals surface area contributed by atoms with Crippen LogP contribution in [0, 0.1) is 0 Å². The number of hydrogen-bond acceptors (Lipinski definition) is 4. The van der Waals surface area contributed by atoms with E-state index in [2.05, 4.69) is 10.6 Å². The Hall–Kier alpha value is -2.65. The maximum atomic E-state index is 13.1. The third-order valence-corrected chi connectivity index (χ3v) is 5.00. The molecule has 0 saturated heterocycles. The van der Waals surface area contributed by atoms with Crippen molar-refractivity contribution in [1.29, 1.82) is 0 Å². The molecule has 0 atom stereocenters. The van der Waals surface area contributed by atoms with E-state index in [1.807, 2.05) is 0 Å². The van der Waals surface area contributed by atoms with Gasteiger partial charge in [0.2, 0.25) is 0 Å². The molecule has 0 aliphatic carbocycles. The number of thiophene rings is 2. The summed E-state index contributed by atoms with van der Waals surface area (Å²) in [4.78, 5) is 24.9. The Morgan fingerprint density at radius 3 is 1.62 bits per heavy atom. The summed E-state index contributed by atoms with van der Waals surface area (Å²) in [6.07, 6.45) is -4.62. The molecule has 26 heavy (non-hydrogen) atoms. The van der Waals surface area contributed by atoms with Crippen LogP contribution in [-0.4, -0.2) is 11.8 Å². The Labute approximate surface area is 154 Å². The zero-order chi connectivity index (χ0) is 18.7. The van der Waals surface area contributed by atoms with Gasteiger partial charge in [0.1, 0.15) is 0 Å². The Morgan fingerprint density at radius 2 is 1.27 bits per heavy atom. The van der Waals surface area contributed by atoms with Crippen LogP contribution in [0.3, 0.4) is 0 Å². The van der Waals surface area contributed by atoms with Crippen molar-refractivity contribution in [2.24, 2.45) is 0 Å². The number of carbonyl (C=O) groups excluding carboxylic acids is 2. The monoisotopic (exact) mass is 396 g/mol. The molecule has 2 heterocycles. The zero-order valence-corrected chi connectivity index (χ0v) is 14.6. The Balaban J connectivity index is 1.89. The molecular weight excluding hydrogens is 385 g/mol. The second-order valence-electron chi connectivity index (χ2n) is 5.16. The summed E-state index contributed by atoms with van der Waals surface area (Å²) in [5.74, 6) is -1.04. The van der Waals surface area contributed by atoms with E-state index in [1.165, 1.54) is 28.7 Å². The third-order valence-electron chi connectivity index (χ3n) is 3.27. The molecule has 0 saturated carbocycles. The molecule has 134 valence electrons. The van der Waals surface area contributed by atoms with Gasteiger partial charge in [-0.15, -0.1) is 22.7 Å². The van der Waals surface area contributed by atoms with Gasteiger partial charge in [-0.1, -0.05) is 12.1 Å². The molecule has 0 aliphatic rings. The first-order chi connectivity index (χ1) is 12.3. The minimum absolute atomic E-state index is 0.0558. The second-order valence-corrected chi connectivity index (χ2v) is 7.06. The summed E-state index contributed by atoms with van der Waals surface area (Å²) >= 11 is 2.34. The van der Waals surface area contributed by atoms with Crippen molar-refractivity contribution in [2.45, 2.75) is 6.18 Å². The molecule has 2 N–H and O–H groups in total. The van der Waals surface area contributed by atoms with Crippen molar-refractivity contribution in [3.63, 3.8) is 0 Å². The number of nitrogens with one attached hydrogen (secondary N) is 2. The zero-order valence-electron chi connectivity index (χ0n) is 13.0. The van der Waals surface area contributed by atoms with E-state index in [4.69, 9.17) is 0 Å². The Bertz CT molecular complexity index is 854. The van der Waals surface area contributed by atoms with Gasteiger partial charge >= 0.3 is 6.18 Å². The molecule has 3 rings (SSSR count). The van der Waals surface area contributed by atoms with Crippen LogP contribution in [0.5, 0.6) is 0 Å². The number of hydrogen-bond donors (Lipinski definition) is 2. The van der Waals surface area contributed by atoms with Gasteiger partial charge in [-0.3, -0.25) is 9.59 Å². The maximum absolute atomic E-state index is 13.1. The fourth-order valence-electron chi connectivity index (χ4n) is 2.14. The number of benzene rings is 1. The minimum Gasteiger partial charge on any atom is -0.321 e. The quantitative estimate of drug-likeness (QED) is 0.626. The first-order valence-corrected chi connectivity index (χ1v) is 9.01. The van der Waals surface area contributed by atoms with Gasteiger partial charge in [0.15, 0.2) is 0 Å². The molecule has 2 aromatic heterocycles. The molecule has 1 aromatic carbocycles. The van der Waals surface area contributed by atoms with Crippen LogP contribution in [0.1, 0.15) is 24.9 Å². The van der Waals surface area contributed by atoms with E-state index in [9.17, 15) is 22.8 Å². The smallest absolute Gasteiger partial charge is 0.321 e. The molecule has 0 bridgehead atoms. The summed E-state index contributed by atoms with van der Waals surface area (Å²) in [6.45, 7) is 0. The fraction of sp³-hybridized carbons (Fsp3) is 0.0588. The van der Waals surface area contributed by atoms with Crippen LogP contribution in [0.2, 0.25) is 0 Å². The SMILES string of the molecule is O=C(Nc1cc(NC(=O)c2cccs2)cc(C(F)(F)F)c1)c1cccs1. The van der Waals surface area contributed by atoms with E-state index in [0.717, 1.165) is 12.1 Å². The van der Waals surface area contributed by atoms with E-state index in [-0.39, 0.29) is 11.4 Å². The van der Waals surface area contributed by atoms with Gasteiger partial charge in [-0.25, -0.2) is 0 Å². The standard InChI is InChI=1S/C17H11F3N2O2S2/c18-17(19,20)10-7-11(21-15(23)13-3-1-5-25-13)9-12(8-10)22-16(24)14-4-2-6-26-14/h1-9H,(H,21,23)(H,22,24). The van der Waals surface area contributed by atoms with Gasteiger partial charge < -0.3 is 10.6 Å². The van der Waals surface area contributed by atoms with Crippen molar-refractivity contribution in [3.05, 3.63) is 68.5 Å². The van der Waals surface area contributed by atoms with Crippen LogP contribution < -0.4 is 10.6 Å². The van der Waals surface area contributed by atoms with Crippen molar-refractivity contribution in [1.82, 2.24) is 0 Å². The van der Waals surface area contributed by atoms with Crippen molar-refractivity contribution >= 4 is 45.9 Å². The average molecular weight is 396 g/mol. The second kappa shape index (κ2) is 7.30. The first kappa shape index (κ1) is 18.2. The number of amides is 2. The predicted molar refractivity (Wildman–Crippen MR) is 96.0 cm³/mol. The minimum atomic E-state index is -4.62. The van der Waals surface area contributed by atoms with Crippen LogP contribution in [0.4, 0.5) is 24.5 Å². The fourth-order valence-corrected chi connectivity index (χ4v) is 3.37. The number of carbonyl (C=O) groups is 2. The highest BCUT2D eigenvalue weighted by atomic mass is 32.1. The molecule has 0 radical (unpaired) electrons. The lowest BCUT2D eigenvalue weighted by Gasteiger charge is -2.13. The van der Waals surface area contributed by atoms with E-state index < -0.39 is 23.6 Å². The highest BCUT2D eigenvalue weighted by Gasteiger charge is 2.31. The molecule has 0 aliphatic heterocycles. The summed E-state index contributed by atoms with van der Waals surface area (Å²) in [6, 6.07) is 9.39. The molecule has 4 nitrogen and oxygen atoms in total. The average Bonchev–Trinajstić information content (AvgIpc) is 3.27. The van der Waals surface area contributed by atoms with Crippen LogP contribution in [0.15, 0.2) is 53.2 Å². The Morgan fingerprint density at radius 1 is 0.808 bits per heavy atom. The van der Waals surface area contributed by atoms with Gasteiger partial charge in [-0.05, 0) is 41.1 Å². The van der Waals surface area contributed by atoms with Crippen molar-refractivity contribution in [2.75, 3.05) is 10.6 Å². The number of anilines is 2. The maximum Gasteiger partial charge on any atom is 0.416 e. The lowest BCUT2D eigenvalue weighted by atomic mass is 10.1. The molecule has 0 spiro atoms. The van der Waals surface area contributed by atoms with Gasteiger partial charge in [-0.2, -0.15) is 13.2 Å². The summed E-state index contributed by atoms with van der Waals surface area (Å²) in [5.41, 5.74) is -1.08. The van der Waals surface area contributed by atoms with Crippen LogP contribution in [-0.2, 0) is 6.18 Å². The number of rotatable bonds is 4. The largest absolute Gasteiger partial charge is 0.416 e. The molecule has 0 fully saturated rings. The van der Waals surface area contributed by atoms with Gasteiger partial charge in [0.05, 0.1) is 15.3 Å². The van der Waals surface area contributed by atoms with Crippen LogP contribution >= 0.6 is 22.7 Å². The molecule has 0 unspecified atom stereocenters. The summed E-state index contributed by atoms with van der Waals surface area (Å²) < 4.78 is 39.4. The lowest BCUT2D eigenvalue weighted by molar-refractivity contribution is -0.137. The normalized spacial score (nSPS) is 11.2. The first-order valence-electron chi connectivity index (χ1n) is 7.25. The van der Waals surface area contributed by atoms with Gasteiger partial charge in [0.25, 0.3) is 11.8 Å². The van der Waals surface area contributed by atoms with E-state index >= 15 is 0 Å². The molecular formula is C17H11F3N2O2S2. The number of halogens is 3. The summed E-state index contributed by atoms with van der Waals surface area (Å²) in [5, 5.41) is 8.23. The highest BCUT2D eigenvalue weighted by molar-refractivity contribution is 7.12. The topological polar surface area (TPSA) is 58.2 Å². The third kappa shape index (κ3) is 4.30. The molecule has 9 heteroatoms. The lowest BCUT2D eigenvalue weighted by Crippen LogP contribution is -2.15. The van der Waals surface area contributed by atoms with Crippen LogP contribution in [0.25, 0.3) is 0 Å². The van der Waals surface area contributed by atoms with Crippen molar-refractivity contribution in [3.8, 4) is 0 Å². The Kier molecular flexibility index (Phi) is 5.10. The van der Waals surface area contributed by atoms with E-state index in [0.29, 0.717) is 9.75 Å². The number of alkyl halides is 3.